The Bertz CT molecular complexity index is 419. The minimum atomic E-state index is -6.00. The molecule has 0 amide bonds. The van der Waals surface area contributed by atoms with Crippen LogP contribution in [0.1, 0.15) is 11.6 Å². The third-order valence-corrected chi connectivity index (χ3v) is 2.66. The smallest absolute Gasteiger partial charge is 0.418 e. The summed E-state index contributed by atoms with van der Waals surface area (Å²) in [4.78, 5) is 2.80. The van der Waals surface area contributed by atoms with E-state index in [1.54, 1.807) is 0 Å². The Morgan fingerprint density at radius 1 is 1.26 bits per heavy atom. The average Bonchev–Trinajstić information content (AvgIpc) is 2.28. The van der Waals surface area contributed by atoms with E-state index in [4.69, 9.17) is 0 Å². The number of rotatable bonds is 4. The van der Waals surface area contributed by atoms with Gasteiger partial charge in [-0.1, -0.05) is 24.3 Å². The van der Waals surface area contributed by atoms with Gasteiger partial charge in [-0.2, -0.15) is 0 Å². The van der Waals surface area contributed by atoms with E-state index >= 15 is 0 Å². The summed E-state index contributed by atoms with van der Waals surface area (Å²) >= 11 is 0.532. The first kappa shape index (κ1) is 17.7. The Hall–Kier alpha value is -1.28. The highest BCUT2D eigenvalue weighted by atomic mass is 32.1. The van der Waals surface area contributed by atoms with Gasteiger partial charge in [-0.15, -0.1) is 6.58 Å². The van der Waals surface area contributed by atoms with E-state index in [2.05, 4.69) is 6.58 Å². The van der Waals surface area contributed by atoms with Gasteiger partial charge in [0.25, 0.3) is 4.90 Å². The first-order valence-corrected chi connectivity index (χ1v) is 6.00. The number of nitrogens with zero attached hydrogens (tertiary/aromatic N) is 1. The average molecular weight is 295 g/mol. The Kier molecular flexibility index (Phi) is 7.47. The molecule has 1 aromatic rings. The van der Waals surface area contributed by atoms with Gasteiger partial charge >= 0.3 is 18.9 Å². The van der Waals surface area contributed by atoms with Gasteiger partial charge in [-0.25, -0.2) is 0 Å². The fourth-order valence-electron chi connectivity index (χ4n) is 1.42. The van der Waals surface area contributed by atoms with Crippen molar-refractivity contribution >= 4 is 18.9 Å². The topological polar surface area (TPSA) is 20.3 Å². The van der Waals surface area contributed by atoms with E-state index in [0.29, 0.717) is 11.7 Å². The molecule has 106 valence electrons. The van der Waals surface area contributed by atoms with Crippen molar-refractivity contribution in [2.24, 2.45) is 0 Å². The molecule has 0 radical (unpaired) electrons. The molecule has 0 aliphatic heterocycles. The maximum Gasteiger partial charge on any atom is 0.673 e. The van der Waals surface area contributed by atoms with Gasteiger partial charge in [-0.05, 0) is 14.1 Å². The van der Waals surface area contributed by atoms with Crippen LogP contribution in [0.5, 0.6) is 0 Å². The Morgan fingerprint density at radius 3 is 2.11 bits per heavy atom. The summed E-state index contributed by atoms with van der Waals surface area (Å²) < 4.78 is 49.9. The van der Waals surface area contributed by atoms with Crippen LogP contribution in [-0.4, -0.2) is 26.2 Å². The number of likely N-dealkylation sites (N-methyl/N-ethyl adjacent to an activating group) is 1. The van der Waals surface area contributed by atoms with Crippen LogP contribution in [-0.2, 0) is 15.9 Å². The predicted octanol–water partition coefficient (Wildman–Crippen LogP) is 3.56. The lowest BCUT2D eigenvalue weighted by Crippen LogP contribution is -2.18. The molecule has 1 atom stereocenters. The molecule has 0 heterocycles. The standard InChI is InChI=1S/C11H14NOS.BF4/c1-4-10(12(2)3)9-7-5-6-8-11(9)14-13;2-1(3,4)5/h4-8,10H,1H2,2-3H3;/q+1;-1. The Labute approximate surface area is 113 Å². The molecule has 0 N–H and O–H groups in total. The van der Waals surface area contributed by atoms with Crippen molar-refractivity contribution in [2.75, 3.05) is 14.1 Å². The molecule has 0 aliphatic carbocycles. The summed E-state index contributed by atoms with van der Waals surface area (Å²) in [6.07, 6.45) is 1.84. The second-order valence-corrected chi connectivity index (χ2v) is 4.37. The van der Waals surface area contributed by atoms with Crippen molar-refractivity contribution in [3.63, 3.8) is 0 Å². The molecular weight excluding hydrogens is 281 g/mol. The molecule has 2 nitrogen and oxygen atoms in total. The lowest BCUT2D eigenvalue weighted by molar-refractivity contribution is 0.348. The molecular formula is C11H14BF4NOS. The molecule has 8 heteroatoms. The summed E-state index contributed by atoms with van der Waals surface area (Å²) in [7, 11) is -2.06. The molecule has 0 saturated heterocycles. The van der Waals surface area contributed by atoms with Crippen LogP contribution in [0.4, 0.5) is 17.3 Å². The molecule has 0 aliphatic rings. The maximum absolute atomic E-state index is 10.9. The Morgan fingerprint density at radius 2 is 1.74 bits per heavy atom. The van der Waals surface area contributed by atoms with Gasteiger partial charge in [0.15, 0.2) is 0 Å². The van der Waals surface area contributed by atoms with E-state index in [0.717, 1.165) is 10.5 Å². The van der Waals surface area contributed by atoms with E-state index < -0.39 is 7.25 Å². The molecule has 1 aromatic carbocycles. The van der Waals surface area contributed by atoms with E-state index in [9.17, 15) is 21.5 Å². The predicted molar refractivity (Wildman–Crippen MR) is 69.6 cm³/mol. The molecule has 1 unspecified atom stereocenters. The third-order valence-electron chi connectivity index (χ3n) is 2.11. The highest BCUT2D eigenvalue weighted by Gasteiger charge is 2.21. The first-order chi connectivity index (χ1) is 8.70. The molecule has 1 rings (SSSR count). The zero-order valence-corrected chi connectivity index (χ0v) is 11.3. The lowest BCUT2D eigenvalue weighted by Gasteiger charge is -2.19. The van der Waals surface area contributed by atoms with Crippen LogP contribution in [0.3, 0.4) is 0 Å². The van der Waals surface area contributed by atoms with E-state index in [-0.39, 0.29) is 6.04 Å². The van der Waals surface area contributed by atoms with Gasteiger partial charge < -0.3 is 17.3 Å². The van der Waals surface area contributed by atoms with Gasteiger partial charge in [0.1, 0.15) is 0 Å². The third kappa shape index (κ3) is 7.68. The largest absolute Gasteiger partial charge is 0.673 e. The van der Waals surface area contributed by atoms with Gasteiger partial charge in [0, 0.05) is 15.8 Å². The van der Waals surface area contributed by atoms with Crippen LogP contribution >= 0.6 is 0 Å². The van der Waals surface area contributed by atoms with Gasteiger partial charge in [-0.3, -0.25) is 4.90 Å². The quantitative estimate of drug-likeness (QED) is 0.366. The molecule has 19 heavy (non-hydrogen) atoms. The van der Waals surface area contributed by atoms with Crippen molar-refractivity contribution < 1.29 is 21.5 Å². The van der Waals surface area contributed by atoms with Crippen LogP contribution in [0.25, 0.3) is 0 Å². The van der Waals surface area contributed by atoms with Crippen molar-refractivity contribution in [2.45, 2.75) is 10.9 Å². The van der Waals surface area contributed by atoms with Crippen LogP contribution in [0, 0.1) is 0 Å². The van der Waals surface area contributed by atoms with Crippen molar-refractivity contribution in [1.82, 2.24) is 4.90 Å². The fraction of sp³-hybridized carbons (Fsp3) is 0.273. The summed E-state index contributed by atoms with van der Waals surface area (Å²) in [6.45, 7) is 3.78. The zero-order valence-electron chi connectivity index (χ0n) is 10.5. The van der Waals surface area contributed by atoms with Crippen LogP contribution in [0.2, 0.25) is 0 Å². The molecule has 0 bridgehead atoms. The lowest BCUT2D eigenvalue weighted by atomic mass is 10.1. The monoisotopic (exact) mass is 295 g/mol. The van der Waals surface area contributed by atoms with Crippen LogP contribution in [0.15, 0.2) is 41.8 Å². The Balaban J connectivity index is 0.000000555. The summed E-state index contributed by atoms with van der Waals surface area (Å²) in [5, 5.41) is 0. The molecule has 0 saturated carbocycles. The van der Waals surface area contributed by atoms with E-state index in [1.807, 2.05) is 49.3 Å². The number of benzene rings is 1. The highest BCUT2D eigenvalue weighted by molar-refractivity contribution is 7.65. The number of hydrogen-bond donors (Lipinski definition) is 0. The number of halogens is 4. The normalized spacial score (nSPS) is 12.4. The SMILES string of the molecule is C=CC(c1ccccc1[S+]=O)N(C)C.F[B-](F)(F)F. The molecule has 0 spiro atoms. The summed E-state index contributed by atoms with van der Waals surface area (Å²) in [5.74, 6) is 0. The van der Waals surface area contributed by atoms with Crippen LogP contribution < -0.4 is 0 Å². The maximum atomic E-state index is 10.9. The highest BCUT2D eigenvalue weighted by Crippen LogP contribution is 2.23. The second kappa shape index (κ2) is 8.01. The number of hydrogen-bond acceptors (Lipinski definition) is 2. The van der Waals surface area contributed by atoms with Crippen molar-refractivity contribution in [3.05, 3.63) is 42.5 Å². The van der Waals surface area contributed by atoms with Crippen molar-refractivity contribution in [3.8, 4) is 0 Å². The molecule has 0 fully saturated rings. The summed E-state index contributed by atoms with van der Waals surface area (Å²) in [5.41, 5.74) is 1.02. The van der Waals surface area contributed by atoms with Crippen molar-refractivity contribution in [1.29, 1.82) is 0 Å². The second-order valence-electron chi connectivity index (χ2n) is 3.76. The van der Waals surface area contributed by atoms with Gasteiger partial charge in [0.2, 0.25) is 0 Å². The van der Waals surface area contributed by atoms with E-state index in [1.165, 1.54) is 0 Å². The minimum Gasteiger partial charge on any atom is -0.418 e. The molecule has 0 aromatic heterocycles. The minimum absolute atomic E-state index is 0.104. The summed E-state index contributed by atoms with van der Waals surface area (Å²) in [6, 6.07) is 7.72. The fourth-order valence-corrected chi connectivity index (χ4v) is 1.84. The zero-order chi connectivity index (χ0) is 15.1. The van der Waals surface area contributed by atoms with Gasteiger partial charge in [0.05, 0.1) is 6.04 Å². The first-order valence-electron chi connectivity index (χ1n) is 5.25.